The molecule has 0 saturated heterocycles. The number of carbonyl (C=O) groups is 1. The summed E-state index contributed by atoms with van der Waals surface area (Å²) in [5, 5.41) is 0. The van der Waals surface area contributed by atoms with Gasteiger partial charge >= 0.3 is 0 Å². The van der Waals surface area contributed by atoms with Gasteiger partial charge in [0.2, 0.25) is 0 Å². The number of ketones is 1. The largest absolute Gasteiger partial charge is 0.494 e. The summed E-state index contributed by atoms with van der Waals surface area (Å²) in [4.78, 5) is 11.8. The Morgan fingerprint density at radius 2 is 1.79 bits per heavy atom. The molecule has 0 heterocycles. The van der Waals surface area contributed by atoms with Gasteiger partial charge in [-0.1, -0.05) is 44.0 Å². The molecule has 0 aliphatic rings. The Bertz CT molecular complexity index is 793. The van der Waals surface area contributed by atoms with E-state index in [0.717, 1.165) is 17.7 Å². The van der Waals surface area contributed by atoms with Gasteiger partial charge in [-0.15, -0.1) is 11.6 Å². The Balaban J connectivity index is 2.07. The first-order valence-electron chi connectivity index (χ1n) is 9.69. The lowest BCUT2D eigenvalue weighted by Gasteiger charge is -2.28. The van der Waals surface area contributed by atoms with Gasteiger partial charge in [-0.05, 0) is 60.6 Å². The molecule has 6 heteroatoms. The van der Waals surface area contributed by atoms with Crippen LogP contribution < -0.4 is 14.2 Å². The summed E-state index contributed by atoms with van der Waals surface area (Å²) < 4.78 is 14.3. The molecular weight excluding hydrogens is 406 g/mol. The number of hydrogen-bond acceptors (Lipinski definition) is 5. The van der Waals surface area contributed by atoms with Crippen molar-refractivity contribution in [2.24, 2.45) is 0 Å². The van der Waals surface area contributed by atoms with Crippen LogP contribution in [-0.4, -0.2) is 37.7 Å². The highest BCUT2D eigenvalue weighted by Gasteiger charge is 2.25. The average molecular weight is 436 g/mol. The van der Waals surface area contributed by atoms with E-state index < -0.39 is 0 Å². The highest BCUT2D eigenvalue weighted by Crippen LogP contribution is 2.35. The molecule has 29 heavy (non-hydrogen) atoms. The molecule has 1 N–H and O–H groups in total. The van der Waals surface area contributed by atoms with Crippen molar-refractivity contribution in [3.05, 3.63) is 59.2 Å². The van der Waals surface area contributed by atoms with E-state index in [1.165, 1.54) is 23.1 Å². The van der Waals surface area contributed by atoms with Gasteiger partial charge in [-0.2, -0.15) is 0 Å². The van der Waals surface area contributed by atoms with Crippen LogP contribution in [0.4, 0.5) is 0 Å². The van der Waals surface area contributed by atoms with Crippen LogP contribution in [0.5, 0.6) is 11.5 Å². The van der Waals surface area contributed by atoms with Gasteiger partial charge in [0, 0.05) is 11.3 Å². The van der Waals surface area contributed by atoms with Crippen LogP contribution in [0.1, 0.15) is 37.0 Å². The summed E-state index contributed by atoms with van der Waals surface area (Å²) in [6, 6.07) is 14.2. The molecule has 4 nitrogen and oxygen atoms in total. The zero-order valence-corrected chi connectivity index (χ0v) is 19.2. The molecule has 0 aliphatic heterocycles. The predicted molar refractivity (Wildman–Crippen MR) is 123 cm³/mol. The van der Waals surface area contributed by atoms with E-state index in [2.05, 4.69) is 43.7 Å². The molecule has 0 bridgehead atoms. The van der Waals surface area contributed by atoms with E-state index in [-0.39, 0.29) is 17.8 Å². The SMILES string of the molecule is CSNCC(=O)COc1ccc(C(C)(C)c2ccc(OCCCCl)cc2)c(C)c1. The van der Waals surface area contributed by atoms with Gasteiger partial charge in [-0.3, -0.25) is 9.52 Å². The standard InChI is InChI=1S/C23H30ClNO3S/c1-17-14-21(28-16-19(26)15-25-29-4)10-11-22(17)23(2,3)18-6-8-20(9-7-18)27-13-5-12-24/h6-11,14,25H,5,12-13,15-16H2,1-4H3. The van der Waals surface area contributed by atoms with Crippen LogP contribution in [0.2, 0.25) is 0 Å². The van der Waals surface area contributed by atoms with Crippen LogP contribution in [0.15, 0.2) is 42.5 Å². The number of rotatable bonds is 12. The van der Waals surface area contributed by atoms with E-state index in [9.17, 15) is 4.79 Å². The number of alkyl halides is 1. The molecule has 0 amide bonds. The molecule has 0 saturated carbocycles. The van der Waals surface area contributed by atoms with Gasteiger partial charge in [0.25, 0.3) is 0 Å². The molecule has 0 aliphatic carbocycles. The molecular formula is C23H30ClNO3S. The maximum atomic E-state index is 11.8. The lowest BCUT2D eigenvalue weighted by Crippen LogP contribution is -2.23. The van der Waals surface area contributed by atoms with Crippen LogP contribution in [0, 0.1) is 6.92 Å². The number of ether oxygens (including phenoxy) is 2. The summed E-state index contributed by atoms with van der Waals surface area (Å²) in [6.07, 6.45) is 2.72. The van der Waals surface area contributed by atoms with Crippen LogP contribution >= 0.6 is 23.5 Å². The second-order valence-corrected chi connectivity index (χ2v) is 8.44. The minimum atomic E-state index is -0.171. The Hall–Kier alpha value is -1.69. The van der Waals surface area contributed by atoms with Crippen molar-refractivity contribution < 1.29 is 14.3 Å². The van der Waals surface area contributed by atoms with Gasteiger partial charge in [0.1, 0.15) is 18.1 Å². The molecule has 0 atom stereocenters. The summed E-state index contributed by atoms with van der Waals surface area (Å²) >= 11 is 7.12. The maximum absolute atomic E-state index is 11.8. The van der Waals surface area contributed by atoms with Gasteiger partial charge < -0.3 is 9.47 Å². The Morgan fingerprint density at radius 3 is 2.41 bits per heavy atom. The number of nitrogens with one attached hydrogen (secondary N) is 1. The van der Waals surface area contributed by atoms with E-state index >= 15 is 0 Å². The molecule has 2 aromatic rings. The number of aryl methyl sites for hydroxylation is 1. The normalized spacial score (nSPS) is 11.3. The fraction of sp³-hybridized carbons (Fsp3) is 0.435. The molecule has 2 rings (SSSR count). The van der Waals surface area contributed by atoms with Gasteiger partial charge in [-0.25, -0.2) is 0 Å². The van der Waals surface area contributed by atoms with Crippen molar-refractivity contribution in [3.63, 3.8) is 0 Å². The Morgan fingerprint density at radius 1 is 1.10 bits per heavy atom. The second kappa shape index (κ2) is 11.5. The minimum absolute atomic E-state index is 0.0229. The summed E-state index contributed by atoms with van der Waals surface area (Å²) in [5.41, 5.74) is 3.38. The highest BCUT2D eigenvalue weighted by molar-refractivity contribution is 7.96. The number of benzene rings is 2. The summed E-state index contributed by atoms with van der Waals surface area (Å²) in [5.74, 6) is 2.19. The lowest BCUT2D eigenvalue weighted by atomic mass is 9.76. The van der Waals surface area contributed by atoms with Crippen LogP contribution in [0.3, 0.4) is 0 Å². The highest BCUT2D eigenvalue weighted by atomic mass is 35.5. The van der Waals surface area contributed by atoms with Crippen molar-refractivity contribution in [1.29, 1.82) is 0 Å². The van der Waals surface area contributed by atoms with Crippen molar-refractivity contribution >= 4 is 29.3 Å². The smallest absolute Gasteiger partial charge is 0.184 e. The van der Waals surface area contributed by atoms with E-state index in [1.54, 1.807) is 0 Å². The van der Waals surface area contributed by atoms with Crippen LogP contribution in [0.25, 0.3) is 0 Å². The Kier molecular flexibility index (Phi) is 9.34. The molecule has 2 aromatic carbocycles. The lowest BCUT2D eigenvalue weighted by molar-refractivity contribution is -0.119. The third-order valence-electron chi connectivity index (χ3n) is 4.81. The minimum Gasteiger partial charge on any atom is -0.494 e. The first-order valence-corrected chi connectivity index (χ1v) is 11.4. The van der Waals surface area contributed by atoms with E-state index in [4.69, 9.17) is 21.1 Å². The molecule has 0 spiro atoms. The molecule has 0 aromatic heterocycles. The zero-order chi connectivity index (χ0) is 21.3. The maximum Gasteiger partial charge on any atom is 0.184 e. The van der Waals surface area contributed by atoms with Crippen LogP contribution in [-0.2, 0) is 10.2 Å². The monoisotopic (exact) mass is 435 g/mol. The number of carbonyl (C=O) groups excluding carboxylic acids is 1. The third-order valence-corrected chi connectivity index (χ3v) is 5.51. The molecule has 0 unspecified atom stereocenters. The van der Waals surface area contributed by atoms with E-state index in [1.807, 2.05) is 30.5 Å². The van der Waals surface area contributed by atoms with E-state index in [0.29, 0.717) is 24.8 Å². The fourth-order valence-corrected chi connectivity index (χ4v) is 3.58. The molecule has 0 radical (unpaired) electrons. The summed E-state index contributed by atoms with van der Waals surface area (Å²) in [6.45, 7) is 7.48. The van der Waals surface area contributed by atoms with Crippen molar-refractivity contribution in [1.82, 2.24) is 4.72 Å². The predicted octanol–water partition coefficient (Wildman–Crippen LogP) is 5.14. The Labute approximate surface area is 183 Å². The van der Waals surface area contributed by atoms with Crippen molar-refractivity contribution in [2.45, 2.75) is 32.6 Å². The quantitative estimate of drug-likeness (QED) is 0.284. The van der Waals surface area contributed by atoms with Crippen molar-refractivity contribution in [2.75, 3.05) is 31.9 Å². The zero-order valence-electron chi connectivity index (χ0n) is 17.6. The molecule has 158 valence electrons. The average Bonchev–Trinajstić information content (AvgIpc) is 2.71. The summed E-state index contributed by atoms with van der Waals surface area (Å²) in [7, 11) is 0. The molecule has 0 fully saturated rings. The second-order valence-electron chi connectivity index (χ2n) is 7.37. The topological polar surface area (TPSA) is 47.6 Å². The first kappa shape index (κ1) is 23.6. The number of Topliss-reactive ketones (excluding diaryl/α,β-unsaturated/α-hetero) is 1. The first-order chi connectivity index (χ1) is 13.9. The fourth-order valence-electron chi connectivity index (χ4n) is 3.16. The number of hydrogen-bond donors (Lipinski definition) is 1. The van der Waals surface area contributed by atoms with Crippen molar-refractivity contribution in [3.8, 4) is 11.5 Å². The van der Waals surface area contributed by atoms with Gasteiger partial charge in [0.05, 0.1) is 13.2 Å². The number of halogens is 1. The van der Waals surface area contributed by atoms with Gasteiger partial charge in [0.15, 0.2) is 5.78 Å². The third kappa shape index (κ3) is 6.95.